The van der Waals surface area contributed by atoms with Crippen LogP contribution in [0.25, 0.3) is 0 Å². The number of hydrogen-bond acceptors (Lipinski definition) is 2. The molecule has 0 aliphatic rings. The van der Waals surface area contributed by atoms with Gasteiger partial charge in [-0.15, -0.1) is 0 Å². The second-order valence-corrected chi connectivity index (χ2v) is 3.10. The quantitative estimate of drug-likeness (QED) is 0.624. The first kappa shape index (κ1) is 9.56. The number of carbonyl (C=O) groups excluding carboxylic acids is 1. The van der Waals surface area contributed by atoms with Gasteiger partial charge in [0.2, 0.25) is 0 Å². The maximum absolute atomic E-state index is 11.9. The van der Waals surface area contributed by atoms with Gasteiger partial charge in [0.15, 0.2) is 6.29 Å². The fourth-order valence-corrected chi connectivity index (χ4v) is 1.31. The van der Waals surface area contributed by atoms with Crippen molar-refractivity contribution in [2.45, 2.75) is 13.0 Å². The normalized spacial score (nSPS) is 10.7. The van der Waals surface area contributed by atoms with Crippen molar-refractivity contribution in [3.8, 4) is 0 Å². The van der Waals surface area contributed by atoms with Crippen LogP contribution in [0.3, 0.4) is 0 Å². The molecule has 1 heterocycles. The molecule has 0 amide bonds. The average Bonchev–Trinajstić information content (AvgIpc) is 2.32. The molecule has 3 nitrogen and oxygen atoms in total. The minimum atomic E-state index is -2.45. The van der Waals surface area contributed by atoms with Gasteiger partial charge in [-0.05, 0) is 22.6 Å². The van der Waals surface area contributed by atoms with Crippen LogP contribution >= 0.6 is 22.6 Å². The number of halogens is 3. The summed E-state index contributed by atoms with van der Waals surface area (Å²) in [5.74, 6) is 0. The molecule has 0 saturated heterocycles. The highest BCUT2D eigenvalue weighted by atomic mass is 127. The Morgan fingerprint density at radius 2 is 2.42 bits per heavy atom. The van der Waals surface area contributed by atoms with Gasteiger partial charge in [-0.25, -0.2) is 8.78 Å². The van der Waals surface area contributed by atoms with E-state index in [1.807, 2.05) is 0 Å². The molecular weight excluding hydrogens is 281 g/mol. The summed E-state index contributed by atoms with van der Waals surface area (Å²) in [5.41, 5.74) is 0.344. The molecule has 0 aromatic carbocycles. The van der Waals surface area contributed by atoms with Gasteiger partial charge >= 0.3 is 0 Å². The second-order valence-electron chi connectivity index (χ2n) is 2.08. The summed E-state index contributed by atoms with van der Waals surface area (Å²) in [7, 11) is 0. The second kappa shape index (κ2) is 3.92. The van der Waals surface area contributed by atoms with Crippen molar-refractivity contribution >= 4 is 28.9 Å². The zero-order chi connectivity index (χ0) is 9.14. The lowest BCUT2D eigenvalue weighted by atomic mass is 10.4. The Balaban J connectivity index is 2.86. The van der Waals surface area contributed by atoms with E-state index in [4.69, 9.17) is 0 Å². The Bertz CT molecular complexity index is 287. The minimum Gasteiger partial charge on any atom is -0.298 e. The molecule has 1 rings (SSSR count). The number of carbonyl (C=O) groups is 1. The van der Waals surface area contributed by atoms with Crippen LogP contribution in [0.15, 0.2) is 6.20 Å². The molecule has 1 aromatic heterocycles. The van der Waals surface area contributed by atoms with Crippen molar-refractivity contribution < 1.29 is 13.6 Å². The highest BCUT2D eigenvalue weighted by molar-refractivity contribution is 14.1. The number of nitrogens with zero attached hydrogens (tertiary/aromatic N) is 2. The van der Waals surface area contributed by atoms with Crippen LogP contribution in [0, 0.1) is 3.70 Å². The first-order chi connectivity index (χ1) is 5.65. The smallest absolute Gasteiger partial charge is 0.257 e. The summed E-state index contributed by atoms with van der Waals surface area (Å²) >= 11 is 1.81. The average molecular weight is 286 g/mol. The van der Waals surface area contributed by atoms with Gasteiger partial charge in [0.1, 0.15) is 10.2 Å². The first-order valence-corrected chi connectivity index (χ1v) is 4.17. The van der Waals surface area contributed by atoms with E-state index in [9.17, 15) is 13.6 Å². The molecule has 6 heteroatoms. The maximum atomic E-state index is 11.9. The van der Waals surface area contributed by atoms with E-state index < -0.39 is 13.0 Å². The summed E-state index contributed by atoms with van der Waals surface area (Å²) in [6, 6.07) is 0. The molecule has 1 aromatic rings. The Hall–Kier alpha value is -0.530. The first-order valence-electron chi connectivity index (χ1n) is 3.09. The van der Waals surface area contributed by atoms with Gasteiger partial charge in [0, 0.05) is 0 Å². The molecule has 0 radical (unpaired) electrons. The van der Waals surface area contributed by atoms with Crippen LogP contribution in [-0.4, -0.2) is 22.5 Å². The van der Waals surface area contributed by atoms with Crippen molar-refractivity contribution in [2.24, 2.45) is 0 Å². The lowest BCUT2D eigenvalue weighted by Crippen LogP contribution is -2.09. The highest BCUT2D eigenvalue weighted by Crippen LogP contribution is 2.10. The molecule has 66 valence electrons. The molecule has 0 N–H and O–H groups in total. The standard InChI is InChI=1S/C6H5F2IN2O/c7-5(8)2-11-6(9)4(3-12)1-10-11/h1,3,5H,2H2. The number of aromatic nitrogens is 2. The molecule has 0 atom stereocenters. The molecule has 0 unspecified atom stereocenters. The van der Waals surface area contributed by atoms with Gasteiger partial charge in [-0.1, -0.05) is 0 Å². The van der Waals surface area contributed by atoms with E-state index in [0.29, 0.717) is 15.6 Å². The summed E-state index contributed by atoms with van der Waals surface area (Å²) in [6.07, 6.45) is -0.577. The lowest BCUT2D eigenvalue weighted by molar-refractivity contribution is 0.111. The lowest BCUT2D eigenvalue weighted by Gasteiger charge is -2.00. The van der Waals surface area contributed by atoms with E-state index in [1.165, 1.54) is 6.20 Å². The SMILES string of the molecule is O=Cc1cnn(CC(F)F)c1I. The third kappa shape index (κ3) is 1.99. The number of hydrogen-bond donors (Lipinski definition) is 0. The number of rotatable bonds is 3. The Morgan fingerprint density at radius 1 is 1.75 bits per heavy atom. The summed E-state index contributed by atoms with van der Waals surface area (Å²) in [4.78, 5) is 10.3. The van der Waals surface area contributed by atoms with Crippen LogP contribution < -0.4 is 0 Å². The van der Waals surface area contributed by atoms with Crippen molar-refractivity contribution in [3.63, 3.8) is 0 Å². The highest BCUT2D eigenvalue weighted by Gasteiger charge is 2.10. The number of alkyl halides is 2. The predicted molar refractivity (Wildman–Crippen MR) is 46.3 cm³/mol. The molecule has 0 spiro atoms. The van der Waals surface area contributed by atoms with E-state index in [1.54, 1.807) is 22.6 Å². The van der Waals surface area contributed by atoms with Gasteiger partial charge in [0.05, 0.1) is 11.8 Å². The van der Waals surface area contributed by atoms with Gasteiger partial charge in [-0.3, -0.25) is 9.48 Å². The molecule has 0 saturated carbocycles. The van der Waals surface area contributed by atoms with E-state index in [2.05, 4.69) is 5.10 Å². The van der Waals surface area contributed by atoms with E-state index in [0.717, 1.165) is 4.68 Å². The van der Waals surface area contributed by atoms with Crippen LogP contribution in [0.5, 0.6) is 0 Å². The molecule has 0 aliphatic heterocycles. The largest absolute Gasteiger partial charge is 0.298 e. The topological polar surface area (TPSA) is 34.9 Å². The van der Waals surface area contributed by atoms with Crippen molar-refractivity contribution in [3.05, 3.63) is 15.5 Å². The molecule has 0 aliphatic carbocycles. The van der Waals surface area contributed by atoms with Crippen LogP contribution in [0.2, 0.25) is 0 Å². The Morgan fingerprint density at radius 3 is 2.83 bits per heavy atom. The Labute approximate surface area is 80.9 Å². The summed E-state index contributed by atoms with van der Waals surface area (Å²) in [5, 5.41) is 3.62. The van der Waals surface area contributed by atoms with Gasteiger partial charge < -0.3 is 0 Å². The zero-order valence-corrected chi connectivity index (χ0v) is 8.03. The van der Waals surface area contributed by atoms with E-state index >= 15 is 0 Å². The monoisotopic (exact) mass is 286 g/mol. The fraction of sp³-hybridized carbons (Fsp3) is 0.333. The fourth-order valence-electron chi connectivity index (χ4n) is 0.722. The molecule has 0 bridgehead atoms. The summed E-state index contributed by atoms with van der Waals surface area (Å²) < 4.78 is 25.3. The van der Waals surface area contributed by atoms with E-state index in [-0.39, 0.29) is 0 Å². The third-order valence-corrected chi connectivity index (χ3v) is 2.42. The minimum absolute atomic E-state index is 0.344. The van der Waals surface area contributed by atoms with Crippen molar-refractivity contribution in [1.82, 2.24) is 9.78 Å². The van der Waals surface area contributed by atoms with Crippen LogP contribution in [0.1, 0.15) is 10.4 Å². The van der Waals surface area contributed by atoms with Crippen LogP contribution in [-0.2, 0) is 6.54 Å². The summed E-state index contributed by atoms with van der Waals surface area (Å²) in [6.45, 7) is -0.466. The molecule has 12 heavy (non-hydrogen) atoms. The zero-order valence-electron chi connectivity index (χ0n) is 5.88. The molecular formula is C6H5F2IN2O. The number of aldehydes is 1. The van der Waals surface area contributed by atoms with Crippen molar-refractivity contribution in [2.75, 3.05) is 0 Å². The molecule has 0 fully saturated rings. The predicted octanol–water partition coefficient (Wildman–Crippen LogP) is 1.57. The van der Waals surface area contributed by atoms with Crippen LogP contribution in [0.4, 0.5) is 8.78 Å². The van der Waals surface area contributed by atoms with Gasteiger partial charge in [-0.2, -0.15) is 5.10 Å². The maximum Gasteiger partial charge on any atom is 0.257 e. The third-order valence-electron chi connectivity index (χ3n) is 1.24. The Kier molecular flexibility index (Phi) is 3.12. The van der Waals surface area contributed by atoms with Gasteiger partial charge in [0.25, 0.3) is 6.43 Å². The van der Waals surface area contributed by atoms with Crippen molar-refractivity contribution in [1.29, 1.82) is 0 Å².